The maximum absolute atomic E-state index is 11.6. The van der Waals surface area contributed by atoms with Crippen molar-refractivity contribution in [2.24, 2.45) is 0 Å². The van der Waals surface area contributed by atoms with Crippen LogP contribution in [0.25, 0.3) is 0 Å². The Morgan fingerprint density at radius 1 is 1.19 bits per heavy atom. The van der Waals surface area contributed by atoms with E-state index in [0.717, 1.165) is 32.0 Å². The number of aromatic nitrogens is 2. The zero-order valence-corrected chi connectivity index (χ0v) is 13.1. The van der Waals surface area contributed by atoms with Gasteiger partial charge in [0.05, 0.1) is 0 Å². The summed E-state index contributed by atoms with van der Waals surface area (Å²) in [6.07, 6.45) is -0.524. The molecule has 0 saturated carbocycles. The third kappa shape index (κ3) is 4.86. The van der Waals surface area contributed by atoms with Crippen molar-refractivity contribution in [1.29, 1.82) is 0 Å². The molecule has 1 fully saturated rings. The van der Waals surface area contributed by atoms with Gasteiger partial charge in [-0.05, 0) is 40.0 Å². The average Bonchev–Trinajstić information content (AvgIpc) is 2.38. The smallest absolute Gasteiger partial charge is 0.413 e. The molecule has 1 amide bonds. The standard InChI is InChI=1S/C14H23N5O2/c1-14(2,3)21-13(20)15-11-5-6-12(17-16-11)19-9-7-18(4)8-10-19/h5-6H,7-10H2,1-4H3,(H,15,16,20). The molecule has 0 aliphatic carbocycles. The number of carbonyl (C=O) groups is 1. The van der Waals surface area contributed by atoms with E-state index in [1.54, 1.807) is 6.07 Å². The van der Waals surface area contributed by atoms with Gasteiger partial charge >= 0.3 is 6.09 Å². The SMILES string of the molecule is CN1CCN(c2ccc(NC(=O)OC(C)(C)C)nn2)CC1. The number of piperazine rings is 1. The Kier molecular flexibility index (Phi) is 4.62. The summed E-state index contributed by atoms with van der Waals surface area (Å²) < 4.78 is 5.17. The van der Waals surface area contributed by atoms with Gasteiger partial charge in [-0.2, -0.15) is 0 Å². The largest absolute Gasteiger partial charge is 0.444 e. The molecule has 0 bridgehead atoms. The van der Waals surface area contributed by atoms with Crippen molar-refractivity contribution in [3.63, 3.8) is 0 Å². The Hall–Kier alpha value is -1.89. The number of anilines is 2. The van der Waals surface area contributed by atoms with Crippen LogP contribution in [0.1, 0.15) is 20.8 Å². The quantitative estimate of drug-likeness (QED) is 0.892. The lowest BCUT2D eigenvalue weighted by atomic mass is 10.2. The zero-order valence-electron chi connectivity index (χ0n) is 13.1. The number of carbonyl (C=O) groups excluding carboxylic acids is 1. The Morgan fingerprint density at radius 2 is 1.86 bits per heavy atom. The zero-order chi connectivity index (χ0) is 15.5. The minimum Gasteiger partial charge on any atom is -0.444 e. The van der Waals surface area contributed by atoms with Gasteiger partial charge in [-0.1, -0.05) is 0 Å². The monoisotopic (exact) mass is 293 g/mol. The van der Waals surface area contributed by atoms with Crippen LogP contribution in [-0.4, -0.2) is 60.0 Å². The van der Waals surface area contributed by atoms with E-state index in [9.17, 15) is 4.79 Å². The Labute approximate surface area is 125 Å². The van der Waals surface area contributed by atoms with Crippen molar-refractivity contribution in [1.82, 2.24) is 15.1 Å². The van der Waals surface area contributed by atoms with Gasteiger partial charge in [0.25, 0.3) is 0 Å². The summed E-state index contributed by atoms with van der Waals surface area (Å²) in [4.78, 5) is 16.1. The molecule has 1 aromatic rings. The Morgan fingerprint density at radius 3 is 2.38 bits per heavy atom. The molecule has 21 heavy (non-hydrogen) atoms. The molecular weight excluding hydrogens is 270 g/mol. The number of nitrogens with one attached hydrogen (secondary N) is 1. The summed E-state index contributed by atoms with van der Waals surface area (Å²) in [5.74, 6) is 1.22. The fraction of sp³-hybridized carbons (Fsp3) is 0.643. The highest BCUT2D eigenvalue weighted by Crippen LogP contribution is 2.14. The number of amides is 1. The summed E-state index contributed by atoms with van der Waals surface area (Å²) in [6.45, 7) is 9.34. The van der Waals surface area contributed by atoms with Crippen LogP contribution in [0, 0.1) is 0 Å². The lowest BCUT2D eigenvalue weighted by Crippen LogP contribution is -2.44. The number of ether oxygens (including phenoxy) is 1. The maximum atomic E-state index is 11.6. The summed E-state index contributed by atoms with van der Waals surface area (Å²) in [7, 11) is 2.11. The van der Waals surface area contributed by atoms with E-state index < -0.39 is 11.7 Å². The van der Waals surface area contributed by atoms with Gasteiger partial charge in [0, 0.05) is 26.2 Å². The highest BCUT2D eigenvalue weighted by molar-refractivity contribution is 5.83. The summed E-state index contributed by atoms with van der Waals surface area (Å²) in [6, 6.07) is 3.61. The third-order valence-corrected chi connectivity index (χ3v) is 3.11. The van der Waals surface area contributed by atoms with E-state index in [4.69, 9.17) is 4.74 Å². The highest BCUT2D eigenvalue weighted by Gasteiger charge is 2.18. The molecule has 1 N–H and O–H groups in total. The number of hydrogen-bond donors (Lipinski definition) is 1. The average molecular weight is 293 g/mol. The summed E-state index contributed by atoms with van der Waals surface area (Å²) in [5, 5.41) is 10.8. The molecular formula is C14H23N5O2. The second kappa shape index (κ2) is 6.26. The van der Waals surface area contributed by atoms with E-state index in [-0.39, 0.29) is 0 Å². The molecule has 0 atom stereocenters. The molecule has 0 radical (unpaired) electrons. The summed E-state index contributed by atoms with van der Waals surface area (Å²) in [5.41, 5.74) is -0.530. The second-order valence-electron chi connectivity index (χ2n) is 6.19. The number of hydrogen-bond acceptors (Lipinski definition) is 6. The van der Waals surface area contributed by atoms with Gasteiger partial charge in [0.1, 0.15) is 5.60 Å². The number of rotatable bonds is 2. The molecule has 0 unspecified atom stereocenters. The first-order chi connectivity index (χ1) is 9.83. The molecule has 2 rings (SSSR count). The van der Waals surface area contributed by atoms with Crippen molar-refractivity contribution in [2.75, 3.05) is 43.4 Å². The first-order valence-electron chi connectivity index (χ1n) is 7.11. The molecule has 1 aliphatic heterocycles. The van der Waals surface area contributed by atoms with Gasteiger partial charge in [-0.3, -0.25) is 5.32 Å². The molecule has 1 aliphatic rings. The topological polar surface area (TPSA) is 70.6 Å². The van der Waals surface area contributed by atoms with Crippen molar-refractivity contribution < 1.29 is 9.53 Å². The fourth-order valence-electron chi connectivity index (χ4n) is 2.00. The van der Waals surface area contributed by atoms with Crippen molar-refractivity contribution in [3.05, 3.63) is 12.1 Å². The van der Waals surface area contributed by atoms with E-state index in [0.29, 0.717) is 5.82 Å². The number of likely N-dealkylation sites (N-methyl/N-ethyl adjacent to an activating group) is 1. The Bertz CT molecular complexity index is 475. The van der Waals surface area contributed by atoms with Gasteiger partial charge in [-0.15, -0.1) is 10.2 Å². The third-order valence-electron chi connectivity index (χ3n) is 3.11. The van der Waals surface area contributed by atoms with Crippen LogP contribution < -0.4 is 10.2 Å². The molecule has 2 heterocycles. The molecule has 1 saturated heterocycles. The molecule has 116 valence electrons. The lowest BCUT2D eigenvalue weighted by Gasteiger charge is -2.32. The minimum absolute atomic E-state index is 0.391. The molecule has 1 aromatic heterocycles. The second-order valence-corrected chi connectivity index (χ2v) is 6.19. The van der Waals surface area contributed by atoms with E-state index in [1.165, 1.54) is 0 Å². The summed E-state index contributed by atoms with van der Waals surface area (Å²) >= 11 is 0. The van der Waals surface area contributed by atoms with Gasteiger partial charge in [0.2, 0.25) is 0 Å². The molecule has 0 spiro atoms. The van der Waals surface area contributed by atoms with E-state index in [1.807, 2.05) is 26.8 Å². The van der Waals surface area contributed by atoms with Crippen LogP contribution in [0.15, 0.2) is 12.1 Å². The van der Waals surface area contributed by atoms with E-state index >= 15 is 0 Å². The maximum Gasteiger partial charge on any atom is 0.413 e. The van der Waals surface area contributed by atoms with E-state index in [2.05, 4.69) is 32.4 Å². The lowest BCUT2D eigenvalue weighted by molar-refractivity contribution is 0.0635. The van der Waals surface area contributed by atoms with Crippen LogP contribution in [0.5, 0.6) is 0 Å². The highest BCUT2D eigenvalue weighted by atomic mass is 16.6. The Balaban J connectivity index is 1.91. The first-order valence-corrected chi connectivity index (χ1v) is 7.11. The normalized spacial score (nSPS) is 16.7. The fourth-order valence-corrected chi connectivity index (χ4v) is 2.00. The van der Waals surface area contributed by atoms with Gasteiger partial charge in [-0.25, -0.2) is 4.79 Å². The van der Waals surface area contributed by atoms with Crippen LogP contribution in [0.4, 0.5) is 16.4 Å². The van der Waals surface area contributed by atoms with Crippen LogP contribution >= 0.6 is 0 Å². The minimum atomic E-state index is -0.530. The van der Waals surface area contributed by atoms with Gasteiger partial charge < -0.3 is 14.5 Å². The predicted molar refractivity (Wildman–Crippen MR) is 81.6 cm³/mol. The predicted octanol–water partition coefficient (Wildman–Crippen LogP) is 1.58. The van der Waals surface area contributed by atoms with Crippen molar-refractivity contribution >= 4 is 17.7 Å². The molecule has 7 heteroatoms. The molecule has 7 nitrogen and oxygen atoms in total. The van der Waals surface area contributed by atoms with Gasteiger partial charge in [0.15, 0.2) is 11.6 Å². The van der Waals surface area contributed by atoms with Crippen LogP contribution in [0.2, 0.25) is 0 Å². The van der Waals surface area contributed by atoms with Crippen molar-refractivity contribution in [2.45, 2.75) is 26.4 Å². The van der Waals surface area contributed by atoms with Crippen molar-refractivity contribution in [3.8, 4) is 0 Å². The van der Waals surface area contributed by atoms with Crippen LogP contribution in [0.3, 0.4) is 0 Å². The molecule has 0 aromatic carbocycles. The first kappa shape index (κ1) is 15.5. The number of nitrogens with zero attached hydrogens (tertiary/aromatic N) is 4. The van der Waals surface area contributed by atoms with Crippen LogP contribution in [-0.2, 0) is 4.74 Å².